The summed E-state index contributed by atoms with van der Waals surface area (Å²) in [7, 11) is 0. The minimum absolute atomic E-state index is 0.195. The second kappa shape index (κ2) is 14.2. The molecule has 11 heteroatoms. The van der Waals surface area contributed by atoms with Crippen LogP contribution in [0.5, 0.6) is 0 Å². The van der Waals surface area contributed by atoms with Gasteiger partial charge in [-0.2, -0.15) is 0 Å². The first kappa shape index (κ1) is 32.2. The molecule has 2 atom stereocenters. The number of anilines is 1. The maximum absolute atomic E-state index is 13.8. The number of hydrogen-bond donors (Lipinski definition) is 1. The standard InChI is InChI=1S/C32H39N3O7S/c1-5-41-31(40)23(15-7-6-12-18-34-28(37)21-13-8-9-14-22(21)29(34)38)33-24-20-43-26-17-11-10-16-25(26)35(30(24)39)19-27(36)42-32(2,3)4/h8-11,13-14,16-17,23-24,33H,5-7,12,15,18-20H2,1-4H3/t23-,24?/m1/s1. The zero-order chi connectivity index (χ0) is 31.1. The van der Waals surface area contributed by atoms with Crippen LogP contribution >= 0.6 is 11.8 Å². The molecule has 2 aliphatic rings. The number of imide groups is 1. The van der Waals surface area contributed by atoms with Gasteiger partial charge in [0.05, 0.1) is 29.5 Å². The summed E-state index contributed by atoms with van der Waals surface area (Å²) in [5.74, 6) is -1.53. The number of nitrogens with one attached hydrogen (secondary N) is 1. The van der Waals surface area contributed by atoms with Gasteiger partial charge in [0.1, 0.15) is 18.2 Å². The summed E-state index contributed by atoms with van der Waals surface area (Å²) in [6.45, 7) is 7.27. The van der Waals surface area contributed by atoms with E-state index in [9.17, 15) is 24.0 Å². The van der Waals surface area contributed by atoms with Crippen molar-refractivity contribution in [2.24, 2.45) is 0 Å². The lowest BCUT2D eigenvalue weighted by molar-refractivity contribution is -0.154. The summed E-state index contributed by atoms with van der Waals surface area (Å²) in [4.78, 5) is 68.3. The quantitative estimate of drug-likeness (QED) is 0.214. The van der Waals surface area contributed by atoms with Crippen molar-refractivity contribution in [3.63, 3.8) is 0 Å². The molecular formula is C32H39N3O7S. The Kier molecular flexibility index (Phi) is 10.6. The Labute approximate surface area is 256 Å². The zero-order valence-electron chi connectivity index (χ0n) is 25.1. The number of fused-ring (bicyclic) bond motifs is 2. The SMILES string of the molecule is CCOC(=O)[C@@H](CCCCCN1C(=O)c2ccccc2C1=O)NC1CSc2ccccc2N(CC(=O)OC(C)(C)C)C1=O. The van der Waals surface area contributed by atoms with Crippen molar-refractivity contribution in [1.82, 2.24) is 10.2 Å². The van der Waals surface area contributed by atoms with E-state index < -0.39 is 29.6 Å². The smallest absolute Gasteiger partial charge is 0.326 e. The van der Waals surface area contributed by atoms with E-state index in [1.807, 2.05) is 18.2 Å². The van der Waals surface area contributed by atoms with E-state index >= 15 is 0 Å². The molecule has 4 rings (SSSR count). The summed E-state index contributed by atoms with van der Waals surface area (Å²) in [5.41, 5.74) is 0.765. The molecule has 2 aliphatic heterocycles. The maximum atomic E-state index is 13.8. The molecule has 3 amide bonds. The zero-order valence-corrected chi connectivity index (χ0v) is 25.9. The first-order chi connectivity index (χ1) is 20.5. The molecule has 0 aliphatic carbocycles. The molecule has 0 aromatic heterocycles. The fourth-order valence-electron chi connectivity index (χ4n) is 5.13. The largest absolute Gasteiger partial charge is 0.465 e. The molecule has 0 saturated carbocycles. The van der Waals surface area contributed by atoms with Crippen molar-refractivity contribution in [1.29, 1.82) is 0 Å². The number of rotatable bonds is 12. The molecule has 230 valence electrons. The first-order valence-corrected chi connectivity index (χ1v) is 15.6. The highest BCUT2D eigenvalue weighted by atomic mass is 32.2. The molecule has 43 heavy (non-hydrogen) atoms. The van der Waals surface area contributed by atoms with Crippen molar-refractivity contribution in [2.45, 2.75) is 76.0 Å². The van der Waals surface area contributed by atoms with Crippen molar-refractivity contribution in [3.8, 4) is 0 Å². The van der Waals surface area contributed by atoms with Crippen LogP contribution in [-0.4, -0.2) is 77.7 Å². The molecular weight excluding hydrogens is 570 g/mol. The number of carbonyl (C=O) groups excluding carboxylic acids is 5. The monoisotopic (exact) mass is 609 g/mol. The number of esters is 2. The van der Waals surface area contributed by atoms with Crippen molar-refractivity contribution < 1.29 is 33.4 Å². The van der Waals surface area contributed by atoms with Gasteiger partial charge >= 0.3 is 11.9 Å². The van der Waals surface area contributed by atoms with E-state index in [2.05, 4.69) is 5.32 Å². The van der Waals surface area contributed by atoms with Gasteiger partial charge in [0.2, 0.25) is 5.91 Å². The van der Waals surface area contributed by atoms with Crippen LogP contribution in [0.25, 0.3) is 0 Å². The maximum Gasteiger partial charge on any atom is 0.326 e. The van der Waals surface area contributed by atoms with Gasteiger partial charge in [-0.1, -0.05) is 37.1 Å². The number of nitrogens with zero attached hydrogens (tertiary/aromatic N) is 2. The van der Waals surface area contributed by atoms with Crippen molar-refractivity contribution in [3.05, 3.63) is 59.7 Å². The third-order valence-electron chi connectivity index (χ3n) is 7.06. The summed E-state index contributed by atoms with van der Waals surface area (Å²) in [6, 6.07) is 12.7. The Morgan fingerprint density at radius 3 is 2.26 bits per heavy atom. The molecule has 2 aromatic rings. The average Bonchev–Trinajstić information content (AvgIpc) is 3.12. The lowest BCUT2D eigenvalue weighted by atomic mass is 10.1. The van der Waals surface area contributed by atoms with Crippen LogP contribution in [0.4, 0.5) is 5.69 Å². The van der Waals surface area contributed by atoms with Crippen LogP contribution in [-0.2, 0) is 23.9 Å². The normalized spacial score (nSPS) is 17.3. The highest BCUT2D eigenvalue weighted by Gasteiger charge is 2.36. The highest BCUT2D eigenvalue weighted by molar-refractivity contribution is 7.99. The second-order valence-electron chi connectivity index (χ2n) is 11.5. The molecule has 0 radical (unpaired) electrons. The lowest BCUT2D eigenvalue weighted by Gasteiger charge is -2.28. The van der Waals surface area contributed by atoms with E-state index in [1.54, 1.807) is 58.0 Å². The highest BCUT2D eigenvalue weighted by Crippen LogP contribution is 2.34. The molecule has 0 spiro atoms. The minimum atomic E-state index is -0.757. The van der Waals surface area contributed by atoms with Crippen LogP contribution in [0.15, 0.2) is 53.4 Å². The molecule has 2 aromatic carbocycles. The minimum Gasteiger partial charge on any atom is -0.465 e. The van der Waals surface area contributed by atoms with Gasteiger partial charge in [0, 0.05) is 17.2 Å². The third-order valence-corrected chi connectivity index (χ3v) is 8.22. The topological polar surface area (TPSA) is 122 Å². The van der Waals surface area contributed by atoms with E-state index in [1.165, 1.54) is 21.6 Å². The summed E-state index contributed by atoms with van der Waals surface area (Å²) in [6.07, 6.45) is 2.25. The van der Waals surface area contributed by atoms with Gasteiger partial charge in [0.15, 0.2) is 0 Å². The van der Waals surface area contributed by atoms with Crippen LogP contribution in [0.1, 0.15) is 74.1 Å². The van der Waals surface area contributed by atoms with Gasteiger partial charge in [0.25, 0.3) is 11.8 Å². The number of amides is 3. The Morgan fingerprint density at radius 1 is 0.953 bits per heavy atom. The molecule has 1 unspecified atom stereocenters. The third kappa shape index (κ3) is 8.03. The van der Waals surface area contributed by atoms with E-state index in [4.69, 9.17) is 9.47 Å². The van der Waals surface area contributed by atoms with Crippen LogP contribution in [0.3, 0.4) is 0 Å². The second-order valence-corrected chi connectivity index (χ2v) is 12.5. The van der Waals surface area contributed by atoms with Gasteiger partial charge in [-0.05, 0) is 64.8 Å². The Morgan fingerprint density at radius 2 is 1.60 bits per heavy atom. The summed E-state index contributed by atoms with van der Waals surface area (Å²) in [5, 5.41) is 3.22. The Bertz CT molecular complexity index is 1340. The predicted octanol–water partition coefficient (Wildman–Crippen LogP) is 4.21. The van der Waals surface area contributed by atoms with Crippen molar-refractivity contribution in [2.75, 3.05) is 30.3 Å². The van der Waals surface area contributed by atoms with Gasteiger partial charge in [-0.3, -0.25) is 39.1 Å². The fraction of sp³-hybridized carbons (Fsp3) is 0.469. The number of para-hydroxylation sites is 1. The Balaban J connectivity index is 1.39. The van der Waals surface area contributed by atoms with Crippen LogP contribution in [0.2, 0.25) is 0 Å². The molecule has 1 N–H and O–H groups in total. The molecule has 10 nitrogen and oxygen atoms in total. The Hall–Kier alpha value is -3.70. The van der Waals surface area contributed by atoms with E-state index in [0.717, 1.165) is 4.90 Å². The fourth-order valence-corrected chi connectivity index (χ4v) is 6.22. The number of carbonyl (C=O) groups is 5. The predicted molar refractivity (Wildman–Crippen MR) is 163 cm³/mol. The number of hydrogen-bond acceptors (Lipinski definition) is 9. The first-order valence-electron chi connectivity index (χ1n) is 14.6. The average molecular weight is 610 g/mol. The number of unbranched alkanes of at least 4 members (excludes halogenated alkanes) is 2. The summed E-state index contributed by atoms with van der Waals surface area (Å²) >= 11 is 1.48. The number of benzene rings is 2. The summed E-state index contributed by atoms with van der Waals surface area (Å²) < 4.78 is 10.8. The number of ether oxygens (including phenoxy) is 2. The van der Waals surface area contributed by atoms with Crippen LogP contribution in [0, 0.1) is 0 Å². The molecule has 0 fully saturated rings. The van der Waals surface area contributed by atoms with Crippen molar-refractivity contribution >= 4 is 47.1 Å². The lowest BCUT2D eigenvalue weighted by Crippen LogP contribution is -2.54. The van der Waals surface area contributed by atoms with E-state index in [0.29, 0.717) is 54.8 Å². The number of thioether (sulfide) groups is 1. The molecule has 0 saturated heterocycles. The van der Waals surface area contributed by atoms with Gasteiger partial charge < -0.3 is 9.47 Å². The van der Waals surface area contributed by atoms with E-state index in [-0.39, 0.29) is 30.9 Å². The van der Waals surface area contributed by atoms with Gasteiger partial charge in [-0.15, -0.1) is 11.8 Å². The van der Waals surface area contributed by atoms with Crippen LogP contribution < -0.4 is 10.2 Å². The van der Waals surface area contributed by atoms with Gasteiger partial charge in [-0.25, -0.2) is 0 Å². The molecule has 0 bridgehead atoms. The molecule has 2 heterocycles.